The molecule has 1 heterocycles. The molecule has 0 aromatic carbocycles. The minimum Gasteiger partial charge on any atom is -0.396 e. The predicted octanol–water partition coefficient (Wildman–Crippen LogP) is 2.61. The van der Waals surface area contributed by atoms with E-state index in [1.54, 1.807) is 0 Å². The second-order valence-electron chi connectivity index (χ2n) is 4.25. The Morgan fingerprint density at radius 2 is 2.00 bits per heavy atom. The molecule has 1 amide bonds. The van der Waals surface area contributed by atoms with E-state index in [2.05, 4.69) is 26.1 Å². The van der Waals surface area contributed by atoms with Crippen molar-refractivity contribution in [3.8, 4) is 0 Å². The fraction of sp³-hybridized carbons (Fsp3) is 0.545. The molecule has 1 rings (SSSR count). The zero-order valence-electron chi connectivity index (χ0n) is 10.5. The largest absolute Gasteiger partial charge is 0.396 e. The first-order valence-electron chi connectivity index (χ1n) is 5.41. The van der Waals surface area contributed by atoms with Crippen LogP contribution in [0.3, 0.4) is 0 Å². The minimum atomic E-state index is -0.465. The summed E-state index contributed by atoms with van der Waals surface area (Å²) >= 11 is 2.86. The number of carbonyl (C=O) groups is 1. The highest BCUT2D eigenvalue weighted by Gasteiger charge is 2.20. The lowest BCUT2D eigenvalue weighted by atomic mass is 10.1. The normalized spacial score (nSPS) is 12.8. The molecule has 1 atom stereocenters. The van der Waals surface area contributed by atoms with Crippen LogP contribution in [-0.2, 0) is 0 Å². The van der Waals surface area contributed by atoms with Gasteiger partial charge in [0.1, 0.15) is 9.88 Å². The van der Waals surface area contributed by atoms with Gasteiger partial charge in [0, 0.05) is 6.04 Å². The summed E-state index contributed by atoms with van der Waals surface area (Å²) < 4.78 is 0. The average molecular weight is 273 g/mol. The topological polar surface area (TPSA) is 81.1 Å². The van der Waals surface area contributed by atoms with Crippen LogP contribution >= 0.6 is 23.1 Å². The van der Waals surface area contributed by atoms with Crippen LogP contribution in [0.4, 0.5) is 10.7 Å². The molecular weight excluding hydrogens is 254 g/mol. The molecular formula is C11H19N3OS2. The maximum absolute atomic E-state index is 11.2. The molecule has 1 unspecified atom stereocenters. The second kappa shape index (κ2) is 5.64. The highest BCUT2D eigenvalue weighted by atomic mass is 32.2. The van der Waals surface area contributed by atoms with E-state index in [0.29, 0.717) is 22.5 Å². The van der Waals surface area contributed by atoms with Gasteiger partial charge in [0.15, 0.2) is 0 Å². The van der Waals surface area contributed by atoms with E-state index in [9.17, 15) is 4.79 Å². The Bertz CT molecular complexity index is 415. The highest BCUT2D eigenvalue weighted by molar-refractivity contribution is 7.99. The Morgan fingerprint density at radius 1 is 1.41 bits per heavy atom. The van der Waals surface area contributed by atoms with Gasteiger partial charge in [-0.15, -0.1) is 23.1 Å². The van der Waals surface area contributed by atoms with Gasteiger partial charge < -0.3 is 16.8 Å². The summed E-state index contributed by atoms with van der Waals surface area (Å²) in [5.41, 5.74) is 11.7. The Kier molecular flexibility index (Phi) is 4.70. The smallest absolute Gasteiger partial charge is 0.261 e. The Balaban J connectivity index is 3.07. The molecule has 0 radical (unpaired) electrons. The van der Waals surface area contributed by atoms with E-state index in [0.717, 1.165) is 9.90 Å². The molecule has 4 nitrogen and oxygen atoms in total. The van der Waals surface area contributed by atoms with Crippen LogP contribution in [0.1, 0.15) is 30.4 Å². The molecule has 1 aromatic rings. The van der Waals surface area contributed by atoms with Crippen molar-refractivity contribution in [1.29, 1.82) is 0 Å². The van der Waals surface area contributed by atoms with Crippen LogP contribution in [0.25, 0.3) is 0 Å². The lowest BCUT2D eigenvalue weighted by molar-refractivity contribution is 0.100. The third kappa shape index (κ3) is 3.07. The first kappa shape index (κ1) is 14.2. The van der Waals surface area contributed by atoms with Crippen LogP contribution in [0.15, 0.2) is 4.90 Å². The van der Waals surface area contributed by atoms with Gasteiger partial charge >= 0.3 is 0 Å². The van der Waals surface area contributed by atoms with Crippen LogP contribution in [-0.4, -0.2) is 18.2 Å². The van der Waals surface area contributed by atoms with Crippen LogP contribution in [0.5, 0.6) is 0 Å². The van der Waals surface area contributed by atoms with Crippen LogP contribution in [0, 0.1) is 5.92 Å². The van der Waals surface area contributed by atoms with Crippen molar-refractivity contribution < 1.29 is 4.79 Å². The van der Waals surface area contributed by atoms with Crippen molar-refractivity contribution in [2.45, 2.75) is 31.7 Å². The maximum Gasteiger partial charge on any atom is 0.261 e. The average Bonchev–Trinajstić information content (AvgIpc) is 2.54. The monoisotopic (exact) mass is 273 g/mol. The zero-order valence-corrected chi connectivity index (χ0v) is 12.2. The van der Waals surface area contributed by atoms with E-state index in [4.69, 9.17) is 11.5 Å². The third-order valence-corrected chi connectivity index (χ3v) is 4.80. The molecule has 1 aromatic heterocycles. The number of carbonyl (C=O) groups excluding carboxylic acids is 1. The number of hydrogen-bond acceptors (Lipinski definition) is 5. The molecule has 0 bridgehead atoms. The number of anilines is 2. The van der Waals surface area contributed by atoms with Crippen LogP contribution in [0.2, 0.25) is 0 Å². The number of thioether (sulfide) groups is 1. The summed E-state index contributed by atoms with van der Waals surface area (Å²) in [7, 11) is 0. The first-order valence-corrected chi connectivity index (χ1v) is 7.45. The van der Waals surface area contributed by atoms with Gasteiger partial charge in [0.25, 0.3) is 5.91 Å². The standard InChI is InChI=1S/C11H19N3OS2/c1-5(2)6(3)14-11-9(16-4)7(12)8(17-11)10(13)15/h5-6,14H,12H2,1-4H3,(H2,13,15). The summed E-state index contributed by atoms with van der Waals surface area (Å²) in [6.45, 7) is 6.39. The molecule has 0 spiro atoms. The van der Waals surface area contributed by atoms with Gasteiger partial charge in [-0.3, -0.25) is 4.79 Å². The molecule has 6 heteroatoms. The number of amides is 1. The first-order chi connectivity index (χ1) is 7.88. The number of rotatable bonds is 5. The van der Waals surface area contributed by atoms with Crippen molar-refractivity contribution in [2.24, 2.45) is 11.7 Å². The molecule has 0 aliphatic carbocycles. The second-order valence-corrected chi connectivity index (χ2v) is 6.09. The summed E-state index contributed by atoms with van der Waals surface area (Å²) in [5, 5.41) is 4.32. The Morgan fingerprint density at radius 3 is 2.41 bits per heavy atom. The van der Waals surface area contributed by atoms with E-state index in [1.807, 2.05) is 6.26 Å². The summed E-state index contributed by atoms with van der Waals surface area (Å²) in [6, 6.07) is 0.319. The quantitative estimate of drug-likeness (QED) is 0.720. The summed E-state index contributed by atoms with van der Waals surface area (Å²) in [6.07, 6.45) is 1.94. The zero-order chi connectivity index (χ0) is 13.2. The van der Waals surface area contributed by atoms with Gasteiger partial charge in [-0.2, -0.15) is 0 Å². The van der Waals surface area contributed by atoms with E-state index >= 15 is 0 Å². The minimum absolute atomic E-state index is 0.319. The molecule has 0 aliphatic heterocycles. The van der Waals surface area contributed by atoms with Crippen molar-refractivity contribution >= 4 is 39.7 Å². The van der Waals surface area contributed by atoms with Crippen molar-refractivity contribution in [2.75, 3.05) is 17.3 Å². The van der Waals surface area contributed by atoms with Crippen molar-refractivity contribution in [1.82, 2.24) is 0 Å². The van der Waals surface area contributed by atoms with Gasteiger partial charge in [-0.25, -0.2) is 0 Å². The SMILES string of the molecule is CSc1c(NC(C)C(C)C)sc(C(N)=O)c1N. The Labute approximate surface area is 110 Å². The lowest BCUT2D eigenvalue weighted by Gasteiger charge is -2.18. The summed E-state index contributed by atoms with van der Waals surface area (Å²) in [5.74, 6) is 0.0399. The fourth-order valence-corrected chi connectivity index (χ4v) is 3.25. The predicted molar refractivity (Wildman–Crippen MR) is 77.0 cm³/mol. The third-order valence-electron chi connectivity index (χ3n) is 2.69. The fourth-order valence-electron chi connectivity index (χ4n) is 1.28. The van der Waals surface area contributed by atoms with Crippen molar-refractivity contribution in [3.05, 3.63) is 4.88 Å². The Hall–Kier alpha value is -0.880. The maximum atomic E-state index is 11.2. The number of nitrogen functional groups attached to an aromatic ring is 1. The molecule has 0 saturated carbocycles. The van der Waals surface area contributed by atoms with Gasteiger partial charge in [0.05, 0.1) is 10.6 Å². The number of primary amides is 1. The highest BCUT2D eigenvalue weighted by Crippen LogP contribution is 2.41. The number of nitrogens with one attached hydrogen (secondary N) is 1. The van der Waals surface area contributed by atoms with Gasteiger partial charge in [-0.1, -0.05) is 13.8 Å². The molecule has 5 N–H and O–H groups in total. The number of nitrogens with two attached hydrogens (primary N) is 2. The molecule has 0 fully saturated rings. The van der Waals surface area contributed by atoms with E-state index in [-0.39, 0.29) is 0 Å². The number of thiophene rings is 1. The molecule has 0 saturated heterocycles. The lowest BCUT2D eigenvalue weighted by Crippen LogP contribution is -2.21. The van der Waals surface area contributed by atoms with Crippen molar-refractivity contribution in [3.63, 3.8) is 0 Å². The molecule has 17 heavy (non-hydrogen) atoms. The van der Waals surface area contributed by atoms with E-state index in [1.165, 1.54) is 23.1 Å². The van der Waals surface area contributed by atoms with E-state index < -0.39 is 5.91 Å². The number of hydrogen-bond donors (Lipinski definition) is 3. The molecule has 0 aliphatic rings. The van der Waals surface area contributed by atoms with Crippen LogP contribution < -0.4 is 16.8 Å². The van der Waals surface area contributed by atoms with Gasteiger partial charge in [0.2, 0.25) is 0 Å². The summed E-state index contributed by atoms with van der Waals surface area (Å²) in [4.78, 5) is 12.6. The molecule has 96 valence electrons. The van der Waals surface area contributed by atoms with Gasteiger partial charge in [-0.05, 0) is 19.1 Å².